The first kappa shape index (κ1) is 23.6. The third kappa shape index (κ3) is 4.70. The molecule has 0 spiro atoms. The summed E-state index contributed by atoms with van der Waals surface area (Å²) in [7, 11) is -3.70. The van der Waals surface area contributed by atoms with Gasteiger partial charge >= 0.3 is 0 Å². The maximum absolute atomic E-state index is 13.2. The summed E-state index contributed by atoms with van der Waals surface area (Å²) in [6.07, 6.45) is 0. The van der Waals surface area contributed by atoms with Crippen LogP contribution in [0.4, 0.5) is 5.13 Å². The number of aromatic nitrogens is 2. The second kappa shape index (κ2) is 9.46. The fourth-order valence-electron chi connectivity index (χ4n) is 3.79. The largest absolute Gasteiger partial charge is 0.298 e. The van der Waals surface area contributed by atoms with Crippen LogP contribution >= 0.6 is 22.7 Å². The lowest BCUT2D eigenvalue weighted by Gasteiger charge is -2.20. The van der Waals surface area contributed by atoms with E-state index >= 15 is 0 Å². The number of nitrogens with one attached hydrogen (secondary N) is 1. The molecule has 2 aromatic heterocycles. The summed E-state index contributed by atoms with van der Waals surface area (Å²) in [5.41, 5.74) is 3.00. The number of carbonyl (C=O) groups excluding carboxylic acids is 1. The van der Waals surface area contributed by atoms with Crippen LogP contribution in [0, 0.1) is 6.92 Å². The zero-order valence-electron chi connectivity index (χ0n) is 19.1. The van der Waals surface area contributed by atoms with E-state index < -0.39 is 10.0 Å². The number of hydrogen-bond donors (Lipinski definition) is 1. The molecule has 0 bridgehead atoms. The number of carbonyl (C=O) groups is 1. The van der Waals surface area contributed by atoms with Gasteiger partial charge in [0, 0.05) is 18.7 Å². The normalized spacial score (nSPS) is 12.0. The average Bonchev–Trinajstić information content (AvgIpc) is 3.45. The Hall–Kier alpha value is -3.18. The molecule has 5 aromatic rings. The quantitative estimate of drug-likeness (QED) is 0.297. The summed E-state index contributed by atoms with van der Waals surface area (Å²) >= 11 is 3.01. The molecule has 0 aliphatic carbocycles. The average molecular weight is 523 g/mol. The molecular formula is C25H22N4O3S3. The van der Waals surface area contributed by atoms with Gasteiger partial charge in [-0.1, -0.05) is 48.6 Å². The van der Waals surface area contributed by atoms with E-state index in [2.05, 4.69) is 15.3 Å². The van der Waals surface area contributed by atoms with E-state index in [0.717, 1.165) is 31.0 Å². The highest BCUT2D eigenvalue weighted by molar-refractivity contribution is 7.89. The fraction of sp³-hybridized carbons (Fsp3) is 0.160. The van der Waals surface area contributed by atoms with E-state index in [-0.39, 0.29) is 17.3 Å². The molecular weight excluding hydrogens is 501 g/mol. The molecule has 3 aromatic carbocycles. The number of aryl methyl sites for hydroxylation is 1. The minimum atomic E-state index is -3.70. The van der Waals surface area contributed by atoms with Crippen LogP contribution < -0.4 is 5.32 Å². The van der Waals surface area contributed by atoms with Crippen LogP contribution in [0.15, 0.2) is 71.6 Å². The zero-order valence-corrected chi connectivity index (χ0v) is 21.5. The van der Waals surface area contributed by atoms with Crippen LogP contribution in [-0.4, -0.2) is 35.1 Å². The summed E-state index contributed by atoms with van der Waals surface area (Å²) in [4.78, 5) is 22.0. The molecule has 0 fully saturated rings. The Morgan fingerprint density at radius 2 is 1.57 bits per heavy atom. The van der Waals surface area contributed by atoms with Gasteiger partial charge in [-0.05, 0) is 48.9 Å². The Kier molecular flexibility index (Phi) is 6.37. The second-order valence-electron chi connectivity index (χ2n) is 7.91. The highest BCUT2D eigenvalue weighted by Crippen LogP contribution is 2.36. The summed E-state index contributed by atoms with van der Waals surface area (Å²) in [5.74, 6) is -0.346. The van der Waals surface area contributed by atoms with E-state index in [4.69, 9.17) is 0 Å². The van der Waals surface area contributed by atoms with Gasteiger partial charge in [-0.3, -0.25) is 10.1 Å². The molecule has 5 rings (SSSR count). The second-order valence-corrected chi connectivity index (χ2v) is 12.0. The van der Waals surface area contributed by atoms with Gasteiger partial charge in [0.25, 0.3) is 5.91 Å². The monoisotopic (exact) mass is 522 g/mol. The van der Waals surface area contributed by atoms with E-state index in [1.54, 1.807) is 11.3 Å². The van der Waals surface area contributed by atoms with Crippen molar-refractivity contribution in [3.05, 3.63) is 82.9 Å². The summed E-state index contributed by atoms with van der Waals surface area (Å²) in [6.45, 7) is 4.39. The lowest BCUT2D eigenvalue weighted by molar-refractivity contribution is 0.102. The summed E-state index contributed by atoms with van der Waals surface area (Å²) < 4.78 is 29.8. The number of hydrogen-bond acceptors (Lipinski definition) is 7. The maximum atomic E-state index is 13.2. The predicted molar refractivity (Wildman–Crippen MR) is 142 cm³/mol. The zero-order chi connectivity index (χ0) is 24.6. The maximum Gasteiger partial charge on any atom is 0.257 e. The van der Waals surface area contributed by atoms with Crippen molar-refractivity contribution in [3.8, 4) is 0 Å². The molecule has 0 aliphatic rings. The lowest BCUT2D eigenvalue weighted by Crippen LogP contribution is -2.30. The Balaban J connectivity index is 1.34. The number of benzene rings is 3. The molecule has 178 valence electrons. The smallest absolute Gasteiger partial charge is 0.257 e. The topological polar surface area (TPSA) is 92.3 Å². The molecule has 0 atom stereocenters. The van der Waals surface area contributed by atoms with Gasteiger partial charge in [0.05, 0.1) is 30.3 Å². The molecule has 0 radical (unpaired) electrons. The van der Waals surface area contributed by atoms with Gasteiger partial charge in [-0.2, -0.15) is 4.31 Å². The van der Waals surface area contributed by atoms with Gasteiger partial charge < -0.3 is 0 Å². The molecule has 35 heavy (non-hydrogen) atoms. The fourth-order valence-corrected chi connectivity index (χ4v) is 7.23. The molecule has 2 heterocycles. The molecule has 0 unspecified atom stereocenters. The van der Waals surface area contributed by atoms with Gasteiger partial charge in [0.1, 0.15) is 0 Å². The van der Waals surface area contributed by atoms with Crippen molar-refractivity contribution in [1.82, 2.24) is 14.3 Å². The molecule has 0 saturated heterocycles. The highest BCUT2D eigenvalue weighted by Gasteiger charge is 2.23. The van der Waals surface area contributed by atoms with Gasteiger partial charge in [-0.15, -0.1) is 11.3 Å². The van der Waals surface area contributed by atoms with E-state index in [1.807, 2.05) is 56.3 Å². The van der Waals surface area contributed by atoms with Crippen LogP contribution in [0.1, 0.15) is 27.9 Å². The van der Waals surface area contributed by atoms with Crippen molar-refractivity contribution in [1.29, 1.82) is 0 Å². The van der Waals surface area contributed by atoms with E-state index in [9.17, 15) is 13.2 Å². The van der Waals surface area contributed by atoms with Crippen LogP contribution in [0.3, 0.4) is 0 Å². The Bertz CT molecular complexity index is 1630. The number of sulfonamides is 1. The predicted octanol–water partition coefficient (Wildman–Crippen LogP) is 5.68. The Labute approximate surface area is 211 Å². The lowest BCUT2D eigenvalue weighted by atomic mass is 10.2. The number of fused-ring (bicyclic) bond motifs is 3. The first-order valence-corrected chi connectivity index (χ1v) is 14.0. The van der Waals surface area contributed by atoms with Crippen molar-refractivity contribution in [2.24, 2.45) is 0 Å². The van der Waals surface area contributed by atoms with E-state index in [0.29, 0.717) is 17.2 Å². The molecule has 10 heteroatoms. The van der Waals surface area contributed by atoms with Crippen molar-refractivity contribution in [3.63, 3.8) is 0 Å². The third-order valence-corrected chi connectivity index (χ3v) is 9.62. The minimum Gasteiger partial charge on any atom is -0.298 e. The summed E-state index contributed by atoms with van der Waals surface area (Å²) in [5, 5.41) is 4.30. The first-order chi connectivity index (χ1) is 16.8. The Morgan fingerprint density at radius 3 is 2.26 bits per heavy atom. The number of anilines is 1. The van der Waals surface area contributed by atoms with Gasteiger partial charge in [0.15, 0.2) is 5.13 Å². The number of nitrogens with zero attached hydrogens (tertiary/aromatic N) is 3. The van der Waals surface area contributed by atoms with Gasteiger partial charge in [0.2, 0.25) is 10.0 Å². The number of amides is 1. The van der Waals surface area contributed by atoms with Crippen LogP contribution in [-0.2, 0) is 16.6 Å². The highest BCUT2D eigenvalue weighted by atomic mass is 32.2. The van der Waals surface area contributed by atoms with Crippen molar-refractivity contribution >= 4 is 64.2 Å². The van der Waals surface area contributed by atoms with Crippen LogP contribution in [0.2, 0.25) is 0 Å². The number of thiazole rings is 2. The SMILES string of the molecule is CCN(Cc1ccccc1)S(=O)(=O)c1ccc(C(=O)Nc2nc3ccc4nc(C)sc4c3s2)cc1. The minimum absolute atomic E-state index is 0.148. The molecule has 1 amide bonds. The Morgan fingerprint density at radius 1 is 0.914 bits per heavy atom. The van der Waals surface area contributed by atoms with Crippen molar-refractivity contribution in [2.45, 2.75) is 25.3 Å². The molecule has 1 N–H and O–H groups in total. The third-order valence-electron chi connectivity index (χ3n) is 5.55. The van der Waals surface area contributed by atoms with Crippen molar-refractivity contribution < 1.29 is 13.2 Å². The number of rotatable bonds is 7. The molecule has 0 aliphatic heterocycles. The molecule has 7 nitrogen and oxygen atoms in total. The van der Waals surface area contributed by atoms with Gasteiger partial charge in [-0.25, -0.2) is 18.4 Å². The van der Waals surface area contributed by atoms with Crippen molar-refractivity contribution in [2.75, 3.05) is 11.9 Å². The summed E-state index contributed by atoms with van der Waals surface area (Å²) in [6, 6.07) is 19.3. The first-order valence-electron chi connectivity index (χ1n) is 11.0. The van der Waals surface area contributed by atoms with E-state index in [1.165, 1.54) is 39.9 Å². The standard InChI is InChI=1S/C25H22N4O3S3/c1-3-29(15-17-7-5-4-6-8-17)35(31,32)19-11-9-18(10-12-19)24(30)28-25-27-21-14-13-20-22(23(21)34-25)33-16(2)26-20/h4-14H,3,15H2,1-2H3,(H,27,28,30). The van der Waals surface area contributed by atoms with Crippen LogP contribution in [0.5, 0.6) is 0 Å². The van der Waals surface area contributed by atoms with Crippen LogP contribution in [0.25, 0.3) is 20.4 Å². The molecule has 0 saturated carbocycles.